The fourth-order valence-electron chi connectivity index (χ4n) is 2.50. The van der Waals surface area contributed by atoms with Crippen LogP contribution in [0.3, 0.4) is 0 Å². The van der Waals surface area contributed by atoms with Crippen LogP contribution in [0, 0.1) is 6.92 Å². The minimum absolute atomic E-state index is 0.856. The highest BCUT2D eigenvalue weighted by atomic mass is 14.8. The molecule has 1 saturated carbocycles. The van der Waals surface area contributed by atoms with Crippen molar-refractivity contribution in [1.29, 1.82) is 0 Å². The van der Waals surface area contributed by atoms with E-state index >= 15 is 0 Å². The summed E-state index contributed by atoms with van der Waals surface area (Å²) >= 11 is 0. The fourth-order valence-corrected chi connectivity index (χ4v) is 2.50. The smallest absolute Gasteiger partial charge is 0.0208 e. The Hall–Kier alpha value is -1.60. The van der Waals surface area contributed by atoms with E-state index in [0.29, 0.717) is 0 Å². The quantitative estimate of drug-likeness (QED) is 0.841. The van der Waals surface area contributed by atoms with Gasteiger partial charge in [0.2, 0.25) is 0 Å². The summed E-state index contributed by atoms with van der Waals surface area (Å²) in [4.78, 5) is 0. The zero-order valence-electron chi connectivity index (χ0n) is 11.5. The van der Waals surface area contributed by atoms with Gasteiger partial charge >= 0.3 is 0 Å². The van der Waals surface area contributed by atoms with Gasteiger partial charge in [0.25, 0.3) is 0 Å². The third-order valence-corrected chi connectivity index (χ3v) is 3.77. The molecule has 0 aliphatic heterocycles. The number of benzene rings is 2. The Labute approximate surface area is 115 Å². The molecule has 98 valence electrons. The molecule has 1 nitrogen and oxygen atoms in total. The minimum Gasteiger partial charge on any atom is -0.309 e. The van der Waals surface area contributed by atoms with Crippen LogP contribution >= 0.6 is 0 Å². The van der Waals surface area contributed by atoms with Gasteiger partial charge in [0.15, 0.2) is 0 Å². The summed E-state index contributed by atoms with van der Waals surface area (Å²) in [5, 5.41) is 3.51. The van der Waals surface area contributed by atoms with Gasteiger partial charge in [-0.1, -0.05) is 54.1 Å². The lowest BCUT2D eigenvalue weighted by molar-refractivity contribution is 0.693. The third kappa shape index (κ3) is 3.45. The number of hydrogen-bond donors (Lipinski definition) is 1. The molecule has 0 unspecified atom stereocenters. The van der Waals surface area contributed by atoms with Crippen LogP contribution in [-0.4, -0.2) is 0 Å². The SMILES string of the molecule is Cc1cccc(CNCc2ccc(C3CC3)cc2)c1. The van der Waals surface area contributed by atoms with E-state index in [1.165, 1.54) is 35.1 Å². The minimum atomic E-state index is 0.856. The van der Waals surface area contributed by atoms with Gasteiger partial charge in [-0.2, -0.15) is 0 Å². The Bertz CT molecular complexity index is 538. The molecular weight excluding hydrogens is 230 g/mol. The maximum absolute atomic E-state index is 3.51. The van der Waals surface area contributed by atoms with Crippen molar-refractivity contribution in [3.63, 3.8) is 0 Å². The van der Waals surface area contributed by atoms with Crippen molar-refractivity contribution in [2.24, 2.45) is 0 Å². The molecule has 1 fully saturated rings. The summed E-state index contributed by atoms with van der Waals surface area (Å²) in [6.07, 6.45) is 2.76. The number of hydrogen-bond acceptors (Lipinski definition) is 1. The predicted octanol–water partition coefficient (Wildman–Crippen LogP) is 4.16. The van der Waals surface area contributed by atoms with Gasteiger partial charge < -0.3 is 5.32 Å². The molecule has 0 spiro atoms. The largest absolute Gasteiger partial charge is 0.309 e. The molecule has 0 bridgehead atoms. The average Bonchev–Trinajstić information content (AvgIpc) is 3.24. The Balaban J connectivity index is 1.51. The molecule has 1 aliphatic carbocycles. The molecule has 3 rings (SSSR count). The van der Waals surface area contributed by atoms with E-state index in [1.807, 2.05) is 0 Å². The van der Waals surface area contributed by atoms with Crippen LogP contribution in [0.15, 0.2) is 48.5 Å². The van der Waals surface area contributed by atoms with Crippen molar-refractivity contribution < 1.29 is 0 Å². The summed E-state index contributed by atoms with van der Waals surface area (Å²) in [5.74, 6) is 0.856. The maximum Gasteiger partial charge on any atom is 0.0208 e. The van der Waals surface area contributed by atoms with Crippen molar-refractivity contribution >= 4 is 0 Å². The summed E-state index contributed by atoms with van der Waals surface area (Å²) in [5.41, 5.74) is 5.57. The molecule has 19 heavy (non-hydrogen) atoms. The second-order valence-corrected chi connectivity index (χ2v) is 5.61. The lowest BCUT2D eigenvalue weighted by Gasteiger charge is -2.07. The van der Waals surface area contributed by atoms with Crippen LogP contribution in [0.25, 0.3) is 0 Å². The Kier molecular flexibility index (Phi) is 3.65. The molecule has 0 saturated heterocycles. The van der Waals surface area contributed by atoms with E-state index in [4.69, 9.17) is 0 Å². The van der Waals surface area contributed by atoms with Gasteiger partial charge in [-0.3, -0.25) is 0 Å². The van der Waals surface area contributed by atoms with Crippen LogP contribution in [0.1, 0.15) is 41.0 Å². The molecule has 0 heterocycles. The van der Waals surface area contributed by atoms with E-state index in [0.717, 1.165) is 19.0 Å². The molecule has 1 N–H and O–H groups in total. The molecule has 0 radical (unpaired) electrons. The van der Waals surface area contributed by atoms with Crippen molar-refractivity contribution in [1.82, 2.24) is 5.32 Å². The first-order valence-electron chi connectivity index (χ1n) is 7.16. The van der Waals surface area contributed by atoms with Crippen LogP contribution in [0.5, 0.6) is 0 Å². The maximum atomic E-state index is 3.51. The molecule has 0 amide bonds. The van der Waals surface area contributed by atoms with Crippen LogP contribution in [0.2, 0.25) is 0 Å². The van der Waals surface area contributed by atoms with Crippen LogP contribution in [0.4, 0.5) is 0 Å². The normalized spacial score (nSPS) is 14.6. The lowest BCUT2D eigenvalue weighted by Crippen LogP contribution is -2.12. The summed E-state index contributed by atoms with van der Waals surface area (Å²) in [6.45, 7) is 4.02. The molecule has 0 aromatic heterocycles. The Morgan fingerprint density at radius 3 is 2.37 bits per heavy atom. The zero-order valence-corrected chi connectivity index (χ0v) is 11.5. The Morgan fingerprint density at radius 2 is 1.68 bits per heavy atom. The van der Waals surface area contributed by atoms with Gasteiger partial charge in [-0.05, 0) is 42.4 Å². The van der Waals surface area contributed by atoms with E-state index in [1.54, 1.807) is 0 Å². The topological polar surface area (TPSA) is 12.0 Å². The first-order chi connectivity index (χ1) is 9.31. The highest BCUT2D eigenvalue weighted by molar-refractivity contribution is 5.28. The highest BCUT2D eigenvalue weighted by Gasteiger charge is 2.22. The van der Waals surface area contributed by atoms with E-state index in [2.05, 4.69) is 60.8 Å². The van der Waals surface area contributed by atoms with E-state index in [9.17, 15) is 0 Å². The van der Waals surface area contributed by atoms with E-state index in [-0.39, 0.29) is 0 Å². The third-order valence-electron chi connectivity index (χ3n) is 3.77. The standard InChI is InChI=1S/C18H21N/c1-14-3-2-4-16(11-14)13-19-12-15-5-7-17(8-6-15)18-9-10-18/h2-8,11,18-19H,9-10,12-13H2,1H3. The molecule has 0 atom stereocenters. The van der Waals surface area contributed by atoms with Crippen LogP contribution < -0.4 is 5.32 Å². The van der Waals surface area contributed by atoms with Gasteiger partial charge in [-0.15, -0.1) is 0 Å². The van der Waals surface area contributed by atoms with Crippen molar-refractivity contribution in [3.8, 4) is 0 Å². The van der Waals surface area contributed by atoms with Crippen LogP contribution in [-0.2, 0) is 13.1 Å². The summed E-state index contributed by atoms with van der Waals surface area (Å²) in [7, 11) is 0. The fraction of sp³-hybridized carbons (Fsp3) is 0.333. The Morgan fingerprint density at radius 1 is 0.947 bits per heavy atom. The average molecular weight is 251 g/mol. The van der Waals surface area contributed by atoms with Gasteiger partial charge in [0.05, 0.1) is 0 Å². The number of rotatable bonds is 5. The molecular formula is C18H21N. The summed E-state index contributed by atoms with van der Waals surface area (Å²) < 4.78 is 0. The second-order valence-electron chi connectivity index (χ2n) is 5.61. The molecule has 2 aromatic rings. The first kappa shape index (κ1) is 12.4. The molecule has 1 heteroatoms. The zero-order chi connectivity index (χ0) is 13.1. The molecule has 2 aromatic carbocycles. The summed E-state index contributed by atoms with van der Waals surface area (Å²) in [6, 6.07) is 17.8. The monoisotopic (exact) mass is 251 g/mol. The number of nitrogens with one attached hydrogen (secondary N) is 1. The molecule has 1 aliphatic rings. The van der Waals surface area contributed by atoms with Gasteiger partial charge in [0, 0.05) is 13.1 Å². The van der Waals surface area contributed by atoms with Crippen molar-refractivity contribution in [3.05, 3.63) is 70.8 Å². The first-order valence-corrected chi connectivity index (χ1v) is 7.16. The predicted molar refractivity (Wildman–Crippen MR) is 80.1 cm³/mol. The lowest BCUT2D eigenvalue weighted by atomic mass is 10.1. The number of aryl methyl sites for hydroxylation is 1. The van der Waals surface area contributed by atoms with E-state index < -0.39 is 0 Å². The van der Waals surface area contributed by atoms with Gasteiger partial charge in [0.1, 0.15) is 0 Å². The van der Waals surface area contributed by atoms with Crippen molar-refractivity contribution in [2.75, 3.05) is 0 Å². The highest BCUT2D eigenvalue weighted by Crippen LogP contribution is 2.39. The second kappa shape index (κ2) is 5.58. The van der Waals surface area contributed by atoms with Crippen molar-refractivity contribution in [2.45, 2.75) is 38.8 Å². The van der Waals surface area contributed by atoms with Gasteiger partial charge in [-0.25, -0.2) is 0 Å².